The van der Waals surface area contributed by atoms with Crippen molar-refractivity contribution in [1.82, 2.24) is 15.1 Å². The highest BCUT2D eigenvalue weighted by molar-refractivity contribution is 5.15. The summed E-state index contributed by atoms with van der Waals surface area (Å²) in [5, 5.41) is 8.05. The summed E-state index contributed by atoms with van der Waals surface area (Å²) < 4.78 is 1.91. The summed E-state index contributed by atoms with van der Waals surface area (Å²) >= 11 is 0. The maximum absolute atomic E-state index is 4.32. The van der Waals surface area contributed by atoms with Gasteiger partial charge in [0, 0.05) is 24.8 Å². The van der Waals surface area contributed by atoms with Gasteiger partial charge in [0.2, 0.25) is 0 Å². The summed E-state index contributed by atoms with van der Waals surface area (Å²) in [6.07, 6.45) is 10.8. The topological polar surface area (TPSA) is 29.9 Å². The van der Waals surface area contributed by atoms with E-state index in [-0.39, 0.29) is 0 Å². The molecule has 1 atom stereocenters. The van der Waals surface area contributed by atoms with Crippen LogP contribution in [0.1, 0.15) is 57.6 Å². The van der Waals surface area contributed by atoms with Gasteiger partial charge in [-0.15, -0.1) is 0 Å². The highest BCUT2D eigenvalue weighted by Gasteiger charge is 2.37. The predicted molar refractivity (Wildman–Crippen MR) is 70.8 cm³/mol. The van der Waals surface area contributed by atoms with E-state index in [4.69, 9.17) is 0 Å². The summed E-state index contributed by atoms with van der Waals surface area (Å²) in [5.74, 6) is 0. The van der Waals surface area contributed by atoms with E-state index in [1.54, 1.807) is 0 Å². The summed E-state index contributed by atoms with van der Waals surface area (Å²) in [6.45, 7) is 5.75. The van der Waals surface area contributed by atoms with Gasteiger partial charge in [0.05, 0.1) is 6.20 Å². The van der Waals surface area contributed by atoms with Gasteiger partial charge in [0.15, 0.2) is 0 Å². The number of rotatable bonds is 5. The van der Waals surface area contributed by atoms with Gasteiger partial charge in [0.25, 0.3) is 0 Å². The molecule has 1 aromatic heterocycles. The molecule has 0 aliphatic heterocycles. The SMILES string of the molecule is CCCNC(c1cnn(C)c1)C1(C)CCCC1. The van der Waals surface area contributed by atoms with Gasteiger partial charge in [-0.3, -0.25) is 4.68 Å². The van der Waals surface area contributed by atoms with Crippen LogP contribution in [-0.2, 0) is 7.05 Å². The predicted octanol–water partition coefficient (Wildman–Crippen LogP) is 3.04. The minimum absolute atomic E-state index is 0.415. The Balaban J connectivity index is 2.18. The number of nitrogens with zero attached hydrogens (tertiary/aromatic N) is 2. The van der Waals surface area contributed by atoms with Crippen LogP contribution in [0.25, 0.3) is 0 Å². The van der Waals surface area contributed by atoms with Crippen molar-refractivity contribution in [2.45, 2.75) is 52.0 Å². The van der Waals surface area contributed by atoms with Crippen LogP contribution in [-0.4, -0.2) is 16.3 Å². The third kappa shape index (κ3) is 2.71. The average Bonchev–Trinajstić information content (AvgIpc) is 2.89. The van der Waals surface area contributed by atoms with Crippen LogP contribution in [0.5, 0.6) is 0 Å². The molecule has 1 aliphatic rings. The maximum Gasteiger partial charge on any atom is 0.0537 e. The first kappa shape index (κ1) is 12.6. The van der Waals surface area contributed by atoms with Crippen LogP contribution in [0.15, 0.2) is 12.4 Å². The molecule has 3 nitrogen and oxygen atoms in total. The molecule has 96 valence electrons. The Morgan fingerprint density at radius 2 is 2.18 bits per heavy atom. The fourth-order valence-electron chi connectivity index (χ4n) is 3.12. The lowest BCUT2D eigenvalue weighted by atomic mass is 9.78. The normalized spacial score (nSPS) is 20.6. The van der Waals surface area contributed by atoms with Gasteiger partial charge in [-0.2, -0.15) is 5.10 Å². The lowest BCUT2D eigenvalue weighted by molar-refractivity contribution is 0.223. The Kier molecular flexibility index (Phi) is 3.87. The van der Waals surface area contributed by atoms with Crippen LogP contribution >= 0.6 is 0 Å². The van der Waals surface area contributed by atoms with E-state index in [9.17, 15) is 0 Å². The summed E-state index contributed by atoms with van der Waals surface area (Å²) in [5.41, 5.74) is 1.77. The fourth-order valence-corrected chi connectivity index (χ4v) is 3.12. The van der Waals surface area contributed by atoms with E-state index < -0.39 is 0 Å². The Labute approximate surface area is 105 Å². The third-order valence-electron chi connectivity index (χ3n) is 4.10. The maximum atomic E-state index is 4.32. The van der Waals surface area contributed by atoms with E-state index in [0.717, 1.165) is 6.54 Å². The molecule has 1 fully saturated rings. The van der Waals surface area contributed by atoms with E-state index in [1.807, 2.05) is 17.9 Å². The smallest absolute Gasteiger partial charge is 0.0537 e. The molecule has 0 spiro atoms. The fraction of sp³-hybridized carbons (Fsp3) is 0.786. The standard InChI is InChI=1S/C14H25N3/c1-4-9-15-13(12-10-16-17(3)11-12)14(2)7-5-6-8-14/h10-11,13,15H,4-9H2,1-3H3. The highest BCUT2D eigenvalue weighted by Crippen LogP contribution is 2.47. The Bertz CT molecular complexity index is 350. The lowest BCUT2D eigenvalue weighted by Crippen LogP contribution is -2.34. The zero-order valence-electron chi connectivity index (χ0n) is 11.4. The van der Waals surface area contributed by atoms with Crippen LogP contribution in [0, 0.1) is 5.41 Å². The van der Waals surface area contributed by atoms with Gasteiger partial charge < -0.3 is 5.32 Å². The van der Waals surface area contributed by atoms with Crippen molar-refractivity contribution in [2.24, 2.45) is 12.5 Å². The van der Waals surface area contributed by atoms with Crippen LogP contribution in [0.2, 0.25) is 0 Å². The Hall–Kier alpha value is -0.830. The van der Waals surface area contributed by atoms with E-state index in [1.165, 1.54) is 37.7 Å². The molecule has 0 saturated heterocycles. The third-order valence-corrected chi connectivity index (χ3v) is 4.10. The van der Waals surface area contributed by atoms with E-state index in [0.29, 0.717) is 11.5 Å². The molecule has 1 aromatic rings. The van der Waals surface area contributed by atoms with E-state index in [2.05, 4.69) is 30.5 Å². The Morgan fingerprint density at radius 1 is 1.47 bits per heavy atom. The summed E-state index contributed by atoms with van der Waals surface area (Å²) in [6, 6.07) is 0.471. The molecular formula is C14H25N3. The monoisotopic (exact) mass is 235 g/mol. The molecule has 2 rings (SSSR count). The zero-order valence-corrected chi connectivity index (χ0v) is 11.4. The number of nitrogens with one attached hydrogen (secondary N) is 1. The van der Waals surface area contributed by atoms with Gasteiger partial charge >= 0.3 is 0 Å². The molecule has 17 heavy (non-hydrogen) atoms. The van der Waals surface area contributed by atoms with Crippen molar-refractivity contribution in [3.63, 3.8) is 0 Å². The van der Waals surface area contributed by atoms with Gasteiger partial charge in [-0.05, 0) is 31.2 Å². The van der Waals surface area contributed by atoms with Crippen molar-refractivity contribution >= 4 is 0 Å². The van der Waals surface area contributed by atoms with Crippen LogP contribution < -0.4 is 5.32 Å². The largest absolute Gasteiger partial charge is 0.309 e. The molecule has 0 radical (unpaired) electrons. The first-order valence-corrected chi connectivity index (χ1v) is 6.87. The van der Waals surface area contributed by atoms with Crippen LogP contribution in [0.4, 0.5) is 0 Å². The van der Waals surface area contributed by atoms with Crippen LogP contribution in [0.3, 0.4) is 0 Å². The molecule has 3 heteroatoms. The van der Waals surface area contributed by atoms with Gasteiger partial charge in [-0.25, -0.2) is 0 Å². The Morgan fingerprint density at radius 3 is 2.71 bits per heavy atom. The molecule has 1 heterocycles. The molecule has 1 unspecified atom stereocenters. The second-order valence-electron chi connectivity index (χ2n) is 5.70. The first-order chi connectivity index (χ1) is 8.15. The van der Waals surface area contributed by atoms with Crippen molar-refractivity contribution in [1.29, 1.82) is 0 Å². The summed E-state index contributed by atoms with van der Waals surface area (Å²) in [7, 11) is 2.00. The molecule has 1 saturated carbocycles. The molecule has 0 bridgehead atoms. The van der Waals surface area contributed by atoms with Crippen molar-refractivity contribution in [3.8, 4) is 0 Å². The van der Waals surface area contributed by atoms with Gasteiger partial charge in [-0.1, -0.05) is 26.7 Å². The second-order valence-corrected chi connectivity index (χ2v) is 5.70. The number of aromatic nitrogens is 2. The van der Waals surface area contributed by atoms with Gasteiger partial charge in [0.1, 0.15) is 0 Å². The summed E-state index contributed by atoms with van der Waals surface area (Å²) in [4.78, 5) is 0. The molecule has 1 aliphatic carbocycles. The van der Waals surface area contributed by atoms with Crippen molar-refractivity contribution in [3.05, 3.63) is 18.0 Å². The number of hydrogen-bond donors (Lipinski definition) is 1. The number of hydrogen-bond acceptors (Lipinski definition) is 2. The van der Waals surface area contributed by atoms with E-state index >= 15 is 0 Å². The van der Waals surface area contributed by atoms with Crippen molar-refractivity contribution < 1.29 is 0 Å². The highest BCUT2D eigenvalue weighted by atomic mass is 15.2. The quantitative estimate of drug-likeness (QED) is 0.850. The molecular weight excluding hydrogens is 210 g/mol. The first-order valence-electron chi connectivity index (χ1n) is 6.87. The molecule has 1 N–H and O–H groups in total. The molecule has 0 amide bonds. The minimum atomic E-state index is 0.415. The average molecular weight is 235 g/mol. The lowest BCUT2D eigenvalue weighted by Gasteiger charge is -2.34. The zero-order chi connectivity index (χ0) is 12.3. The van der Waals surface area contributed by atoms with Crippen molar-refractivity contribution in [2.75, 3.05) is 6.54 Å². The molecule has 0 aromatic carbocycles. The minimum Gasteiger partial charge on any atom is -0.309 e. The second kappa shape index (κ2) is 5.21. The number of aryl methyl sites for hydroxylation is 1.